The number of likely N-dealkylation sites (tertiary alicyclic amines) is 1. The molecule has 1 unspecified atom stereocenters. The third-order valence-corrected chi connectivity index (χ3v) is 9.51. The van der Waals surface area contributed by atoms with E-state index in [4.69, 9.17) is 16.1 Å². The second-order valence-electron chi connectivity index (χ2n) is 8.36. The average molecular weight is 436 g/mol. The van der Waals surface area contributed by atoms with Gasteiger partial charge in [0.1, 0.15) is 4.75 Å². The van der Waals surface area contributed by atoms with Gasteiger partial charge in [0.05, 0.1) is 11.7 Å². The van der Waals surface area contributed by atoms with Crippen molar-refractivity contribution in [2.75, 3.05) is 18.8 Å². The van der Waals surface area contributed by atoms with Crippen molar-refractivity contribution in [2.45, 2.75) is 42.8 Å². The molecule has 29 heavy (non-hydrogen) atoms. The Bertz CT molecular complexity index is 1040. The van der Waals surface area contributed by atoms with Gasteiger partial charge in [-0.1, -0.05) is 29.6 Å². The van der Waals surface area contributed by atoms with Crippen LogP contribution in [0.15, 0.2) is 28.8 Å². The van der Waals surface area contributed by atoms with Crippen molar-refractivity contribution >= 4 is 27.3 Å². The molecule has 0 radical (unpaired) electrons. The fourth-order valence-electron chi connectivity index (χ4n) is 5.00. The third-order valence-electron chi connectivity index (χ3n) is 6.71. The lowest BCUT2D eigenvalue weighted by Gasteiger charge is -2.49. The van der Waals surface area contributed by atoms with Crippen LogP contribution >= 0.6 is 11.6 Å². The predicted octanol–water partition coefficient (Wildman–Crippen LogP) is 3.06. The summed E-state index contributed by atoms with van der Waals surface area (Å²) in [5.74, 6) is 0.602. The minimum Gasteiger partial charge on any atom is -0.339 e. The molecule has 9 heteroatoms. The summed E-state index contributed by atoms with van der Waals surface area (Å²) in [5.41, 5.74) is 0.756. The van der Waals surface area contributed by atoms with Gasteiger partial charge in [0.2, 0.25) is 17.6 Å². The number of sulfone groups is 1. The van der Waals surface area contributed by atoms with Crippen molar-refractivity contribution < 1.29 is 17.7 Å². The lowest BCUT2D eigenvalue weighted by molar-refractivity contribution is -0.141. The van der Waals surface area contributed by atoms with Crippen LogP contribution in [0.4, 0.5) is 0 Å². The minimum atomic E-state index is -3.34. The first-order valence-electron chi connectivity index (χ1n) is 10.0. The molecule has 1 saturated carbocycles. The molecule has 154 valence electrons. The Morgan fingerprint density at radius 2 is 1.83 bits per heavy atom. The highest BCUT2D eigenvalue weighted by atomic mass is 35.5. The largest absolute Gasteiger partial charge is 0.339 e. The molecule has 7 nitrogen and oxygen atoms in total. The lowest BCUT2D eigenvalue weighted by atomic mass is 9.82. The second-order valence-corrected chi connectivity index (χ2v) is 11.3. The van der Waals surface area contributed by atoms with E-state index in [1.165, 1.54) is 0 Å². The molecule has 2 aromatic rings. The maximum absolute atomic E-state index is 12.9. The number of hydrogen-bond donors (Lipinski definition) is 0. The number of aromatic nitrogens is 2. The number of benzene rings is 1. The molecule has 1 spiro atoms. The van der Waals surface area contributed by atoms with Gasteiger partial charge in [-0.05, 0) is 43.5 Å². The normalized spacial score (nSPS) is 25.4. The van der Waals surface area contributed by atoms with E-state index >= 15 is 0 Å². The van der Waals surface area contributed by atoms with Crippen LogP contribution < -0.4 is 0 Å². The first-order valence-corrected chi connectivity index (χ1v) is 12.0. The Labute approximate surface area is 174 Å². The molecule has 2 saturated heterocycles. The maximum atomic E-state index is 12.9. The molecule has 3 fully saturated rings. The summed E-state index contributed by atoms with van der Waals surface area (Å²) >= 11 is 5.93. The second kappa shape index (κ2) is 6.80. The Kier molecular flexibility index (Phi) is 4.47. The molecule has 1 amide bonds. The Morgan fingerprint density at radius 3 is 2.52 bits per heavy atom. The van der Waals surface area contributed by atoms with Gasteiger partial charge >= 0.3 is 0 Å². The standard InChI is InChI=1S/C20H22ClN3O4S/c21-15-7-5-13(6-8-15)17-22-18(28-23-17)16-9-10-29(26,27)20(16)11-24(12-20)19(25)14-3-1-2-4-14/h5-8,14,16H,1-4,9-12H2. The highest BCUT2D eigenvalue weighted by Crippen LogP contribution is 2.50. The summed E-state index contributed by atoms with van der Waals surface area (Å²) in [4.78, 5) is 18.9. The number of nitrogens with zero attached hydrogens (tertiary/aromatic N) is 3. The lowest BCUT2D eigenvalue weighted by Crippen LogP contribution is -2.68. The molecule has 1 aromatic carbocycles. The third kappa shape index (κ3) is 2.99. The maximum Gasteiger partial charge on any atom is 0.231 e. The van der Waals surface area contributed by atoms with Crippen molar-refractivity contribution in [1.82, 2.24) is 15.0 Å². The van der Waals surface area contributed by atoms with Crippen LogP contribution in [-0.2, 0) is 14.6 Å². The van der Waals surface area contributed by atoms with Crippen LogP contribution in [0.1, 0.15) is 43.9 Å². The van der Waals surface area contributed by atoms with Crippen molar-refractivity contribution in [3.63, 3.8) is 0 Å². The first kappa shape index (κ1) is 19.1. The molecule has 1 aliphatic carbocycles. The van der Waals surface area contributed by atoms with Crippen molar-refractivity contribution in [1.29, 1.82) is 0 Å². The van der Waals surface area contributed by atoms with Crippen LogP contribution in [-0.4, -0.2) is 53.0 Å². The van der Waals surface area contributed by atoms with E-state index in [0.29, 0.717) is 23.2 Å². The topological polar surface area (TPSA) is 93.4 Å². The van der Waals surface area contributed by atoms with Crippen molar-refractivity contribution in [3.8, 4) is 11.4 Å². The fraction of sp³-hybridized carbons (Fsp3) is 0.550. The van der Waals surface area contributed by atoms with Gasteiger partial charge in [0.25, 0.3) is 0 Å². The summed E-state index contributed by atoms with van der Waals surface area (Å²) < 4.78 is 30.3. The molecule has 3 heterocycles. The predicted molar refractivity (Wildman–Crippen MR) is 107 cm³/mol. The summed E-state index contributed by atoms with van der Waals surface area (Å²) in [6, 6.07) is 7.08. The summed E-state index contributed by atoms with van der Waals surface area (Å²) in [7, 11) is -3.34. The zero-order valence-electron chi connectivity index (χ0n) is 15.9. The first-order chi connectivity index (χ1) is 13.9. The van der Waals surface area contributed by atoms with E-state index < -0.39 is 14.6 Å². The SMILES string of the molecule is O=C(C1CCCC1)N1CC2(C1)C(c1nc(-c3ccc(Cl)cc3)no1)CCS2(=O)=O. The number of rotatable bonds is 3. The van der Waals surface area contributed by atoms with Gasteiger partial charge in [-0.15, -0.1) is 0 Å². The summed E-state index contributed by atoms with van der Waals surface area (Å²) in [5, 5.41) is 4.66. The molecule has 1 atom stereocenters. The van der Waals surface area contributed by atoms with Gasteiger partial charge < -0.3 is 9.42 Å². The molecule has 1 aromatic heterocycles. The van der Waals surface area contributed by atoms with Crippen molar-refractivity contribution in [2.24, 2.45) is 5.92 Å². The highest BCUT2D eigenvalue weighted by Gasteiger charge is 2.64. The molecular weight excluding hydrogens is 414 g/mol. The van der Waals surface area contributed by atoms with E-state index in [1.807, 2.05) is 0 Å². The summed E-state index contributed by atoms with van der Waals surface area (Å²) in [6.45, 7) is 0.460. The van der Waals surface area contributed by atoms with Gasteiger partial charge in [-0.3, -0.25) is 4.79 Å². The molecule has 3 aliphatic rings. The van der Waals surface area contributed by atoms with Crippen molar-refractivity contribution in [3.05, 3.63) is 35.2 Å². The van der Waals surface area contributed by atoms with E-state index in [9.17, 15) is 13.2 Å². The smallest absolute Gasteiger partial charge is 0.231 e. The van der Waals surface area contributed by atoms with Crippen LogP contribution in [0.3, 0.4) is 0 Å². The van der Waals surface area contributed by atoms with Gasteiger partial charge in [-0.25, -0.2) is 8.42 Å². The Morgan fingerprint density at radius 1 is 1.14 bits per heavy atom. The van der Waals surface area contributed by atoms with E-state index in [2.05, 4.69) is 10.1 Å². The van der Waals surface area contributed by atoms with Crippen LogP contribution in [0, 0.1) is 5.92 Å². The van der Waals surface area contributed by atoms with E-state index in [-0.39, 0.29) is 36.6 Å². The van der Waals surface area contributed by atoms with E-state index in [1.54, 1.807) is 29.2 Å². The minimum absolute atomic E-state index is 0.0508. The van der Waals surface area contributed by atoms with Gasteiger partial charge in [-0.2, -0.15) is 4.98 Å². The molecule has 0 bridgehead atoms. The fourth-order valence-corrected chi connectivity index (χ4v) is 7.44. The van der Waals surface area contributed by atoms with Gasteiger partial charge in [0, 0.05) is 29.6 Å². The number of carbonyl (C=O) groups is 1. The molecule has 2 aliphatic heterocycles. The number of hydrogen-bond acceptors (Lipinski definition) is 6. The number of amides is 1. The monoisotopic (exact) mass is 435 g/mol. The molecular formula is C20H22ClN3O4S. The highest BCUT2D eigenvalue weighted by molar-refractivity contribution is 7.93. The number of halogens is 1. The summed E-state index contributed by atoms with van der Waals surface area (Å²) in [6.07, 6.45) is 4.41. The zero-order chi connectivity index (χ0) is 20.2. The van der Waals surface area contributed by atoms with Crippen LogP contribution in [0.5, 0.6) is 0 Å². The molecule has 5 rings (SSSR count). The quantitative estimate of drug-likeness (QED) is 0.735. The van der Waals surface area contributed by atoms with Crippen LogP contribution in [0.2, 0.25) is 5.02 Å². The van der Waals surface area contributed by atoms with E-state index in [0.717, 1.165) is 31.2 Å². The Hall–Kier alpha value is -1.93. The zero-order valence-corrected chi connectivity index (χ0v) is 17.5. The Balaban J connectivity index is 1.39. The average Bonchev–Trinajstić information content (AvgIpc) is 3.39. The molecule has 0 N–H and O–H groups in total. The van der Waals surface area contributed by atoms with Crippen LogP contribution in [0.25, 0.3) is 11.4 Å². The number of carbonyl (C=O) groups excluding carboxylic acids is 1. The van der Waals surface area contributed by atoms with Gasteiger partial charge in [0.15, 0.2) is 9.84 Å².